The number of hydrogen-bond donors (Lipinski definition) is 3. The molecule has 0 aliphatic carbocycles. The van der Waals surface area contributed by atoms with Gasteiger partial charge < -0.3 is 16.6 Å². The number of benzene rings is 1. The van der Waals surface area contributed by atoms with Crippen LogP contribution in [0, 0.1) is 0 Å². The fourth-order valence-corrected chi connectivity index (χ4v) is 1.53. The summed E-state index contributed by atoms with van der Waals surface area (Å²) in [5, 5.41) is 9.42. The van der Waals surface area contributed by atoms with Gasteiger partial charge in [0.2, 0.25) is 5.88 Å². The maximum atomic E-state index is 9.42. The third kappa shape index (κ3) is 2.63. The molecule has 2 aromatic rings. The van der Waals surface area contributed by atoms with Gasteiger partial charge >= 0.3 is 0 Å². The lowest BCUT2D eigenvalue weighted by Gasteiger charge is -2.05. The Kier molecular flexibility index (Phi) is 3.09. The molecular formula is C12H14N4O. The van der Waals surface area contributed by atoms with Crippen molar-refractivity contribution >= 4 is 11.5 Å². The number of anilines is 2. The smallest absolute Gasteiger partial charge is 0.240 e. The summed E-state index contributed by atoms with van der Waals surface area (Å²) in [6.07, 6.45) is 1.41. The monoisotopic (exact) mass is 230 g/mol. The highest BCUT2D eigenvalue weighted by molar-refractivity contribution is 5.63. The van der Waals surface area contributed by atoms with Crippen LogP contribution in [-0.4, -0.2) is 15.1 Å². The molecule has 0 fully saturated rings. The molecule has 17 heavy (non-hydrogen) atoms. The molecule has 1 aromatic carbocycles. The molecule has 0 amide bonds. The molecule has 5 N–H and O–H groups in total. The molecule has 0 spiro atoms. The van der Waals surface area contributed by atoms with Crippen molar-refractivity contribution in [2.45, 2.75) is 12.8 Å². The number of aromatic hydroxyl groups is 1. The maximum Gasteiger partial charge on any atom is 0.240 e. The van der Waals surface area contributed by atoms with E-state index < -0.39 is 0 Å². The molecule has 5 heteroatoms. The Labute approximate surface area is 99.1 Å². The van der Waals surface area contributed by atoms with Gasteiger partial charge in [-0.15, -0.1) is 0 Å². The van der Waals surface area contributed by atoms with E-state index in [2.05, 4.69) is 9.97 Å². The Morgan fingerprint density at radius 3 is 2.35 bits per heavy atom. The summed E-state index contributed by atoms with van der Waals surface area (Å²) in [5.74, 6) is 0.374. The van der Waals surface area contributed by atoms with E-state index in [1.165, 1.54) is 5.56 Å². The van der Waals surface area contributed by atoms with Crippen LogP contribution in [0.15, 0.2) is 30.3 Å². The molecule has 0 unspecified atom stereocenters. The van der Waals surface area contributed by atoms with Gasteiger partial charge in [0.05, 0.1) is 0 Å². The van der Waals surface area contributed by atoms with Crippen LogP contribution in [0.1, 0.15) is 11.4 Å². The predicted octanol–water partition coefficient (Wildman–Crippen LogP) is 1.13. The number of aryl methyl sites for hydroxylation is 2. The summed E-state index contributed by atoms with van der Waals surface area (Å²) in [6, 6.07) is 9.98. The van der Waals surface area contributed by atoms with Crippen LogP contribution < -0.4 is 11.5 Å². The minimum atomic E-state index is -0.249. The normalized spacial score (nSPS) is 10.4. The summed E-state index contributed by atoms with van der Waals surface area (Å²) in [4.78, 5) is 7.92. The van der Waals surface area contributed by atoms with Crippen LogP contribution in [0.25, 0.3) is 0 Å². The zero-order valence-electron chi connectivity index (χ0n) is 9.30. The average molecular weight is 230 g/mol. The Balaban J connectivity index is 2.10. The molecular weight excluding hydrogens is 216 g/mol. The Hall–Kier alpha value is -2.30. The summed E-state index contributed by atoms with van der Waals surface area (Å²) >= 11 is 0. The Morgan fingerprint density at radius 2 is 1.71 bits per heavy atom. The van der Waals surface area contributed by atoms with Crippen molar-refractivity contribution in [2.24, 2.45) is 0 Å². The van der Waals surface area contributed by atoms with E-state index in [0.29, 0.717) is 12.2 Å². The molecule has 0 saturated heterocycles. The van der Waals surface area contributed by atoms with Gasteiger partial charge in [-0.3, -0.25) is 0 Å². The zero-order chi connectivity index (χ0) is 12.3. The summed E-state index contributed by atoms with van der Waals surface area (Å²) in [7, 11) is 0. The van der Waals surface area contributed by atoms with E-state index in [0.717, 1.165) is 6.42 Å². The fraction of sp³-hybridized carbons (Fsp3) is 0.167. The molecule has 0 aliphatic heterocycles. The second-order valence-corrected chi connectivity index (χ2v) is 3.75. The van der Waals surface area contributed by atoms with E-state index >= 15 is 0 Å². The number of hydrogen-bond acceptors (Lipinski definition) is 5. The van der Waals surface area contributed by atoms with Crippen molar-refractivity contribution in [1.82, 2.24) is 9.97 Å². The van der Waals surface area contributed by atoms with E-state index in [-0.39, 0.29) is 17.4 Å². The molecule has 2 rings (SSSR count). The highest BCUT2D eigenvalue weighted by Gasteiger charge is 2.08. The van der Waals surface area contributed by atoms with Gasteiger partial charge in [0.1, 0.15) is 11.5 Å². The standard InChI is InChI=1S/C12H14N4O/c13-10-11(14)15-9(16-12(10)17)7-6-8-4-2-1-3-5-8/h1-5H,6-7,13H2,(H3,14,15,16,17). The zero-order valence-corrected chi connectivity index (χ0v) is 9.30. The highest BCUT2D eigenvalue weighted by atomic mass is 16.3. The van der Waals surface area contributed by atoms with Crippen LogP contribution in [0.4, 0.5) is 11.5 Å². The van der Waals surface area contributed by atoms with Gasteiger partial charge in [-0.2, -0.15) is 4.98 Å². The number of aromatic nitrogens is 2. The third-order valence-corrected chi connectivity index (χ3v) is 2.48. The average Bonchev–Trinajstić information content (AvgIpc) is 2.34. The minimum absolute atomic E-state index is 0.0356. The molecule has 0 aliphatic rings. The van der Waals surface area contributed by atoms with E-state index in [1.54, 1.807) is 0 Å². The highest BCUT2D eigenvalue weighted by Crippen LogP contribution is 2.22. The Bertz CT molecular complexity index is 490. The second kappa shape index (κ2) is 4.69. The van der Waals surface area contributed by atoms with Crippen molar-refractivity contribution in [2.75, 3.05) is 11.5 Å². The maximum absolute atomic E-state index is 9.42. The molecule has 0 bridgehead atoms. The second-order valence-electron chi connectivity index (χ2n) is 3.75. The summed E-state index contributed by atoms with van der Waals surface area (Å²) in [5.41, 5.74) is 12.2. The van der Waals surface area contributed by atoms with Gasteiger partial charge in [-0.1, -0.05) is 30.3 Å². The number of nitrogens with zero attached hydrogens (tertiary/aromatic N) is 2. The predicted molar refractivity (Wildman–Crippen MR) is 66.4 cm³/mol. The lowest BCUT2D eigenvalue weighted by Crippen LogP contribution is -2.05. The van der Waals surface area contributed by atoms with Crippen molar-refractivity contribution in [1.29, 1.82) is 0 Å². The molecule has 5 nitrogen and oxygen atoms in total. The first kappa shape index (κ1) is 11.2. The first-order valence-corrected chi connectivity index (χ1v) is 5.31. The van der Waals surface area contributed by atoms with Gasteiger partial charge in [-0.25, -0.2) is 4.98 Å². The summed E-state index contributed by atoms with van der Waals surface area (Å²) in [6.45, 7) is 0. The SMILES string of the molecule is Nc1nc(CCc2ccccc2)nc(O)c1N. The van der Waals surface area contributed by atoms with Gasteiger partial charge in [0, 0.05) is 6.42 Å². The van der Waals surface area contributed by atoms with Crippen molar-refractivity contribution in [3.05, 3.63) is 41.7 Å². The van der Waals surface area contributed by atoms with Crippen molar-refractivity contribution in [3.63, 3.8) is 0 Å². The third-order valence-electron chi connectivity index (χ3n) is 2.48. The van der Waals surface area contributed by atoms with E-state index in [9.17, 15) is 5.11 Å². The van der Waals surface area contributed by atoms with Crippen LogP contribution in [-0.2, 0) is 12.8 Å². The Morgan fingerprint density at radius 1 is 1.00 bits per heavy atom. The minimum Gasteiger partial charge on any atom is -0.492 e. The molecule has 88 valence electrons. The van der Waals surface area contributed by atoms with Crippen molar-refractivity contribution < 1.29 is 5.11 Å². The van der Waals surface area contributed by atoms with Crippen LogP contribution in [0.3, 0.4) is 0 Å². The summed E-state index contributed by atoms with van der Waals surface area (Å²) < 4.78 is 0. The van der Waals surface area contributed by atoms with Crippen LogP contribution in [0.5, 0.6) is 5.88 Å². The lowest BCUT2D eigenvalue weighted by atomic mass is 10.1. The quantitative estimate of drug-likeness (QED) is 0.734. The van der Waals surface area contributed by atoms with Gasteiger partial charge in [0.25, 0.3) is 0 Å². The van der Waals surface area contributed by atoms with Gasteiger partial charge in [0.15, 0.2) is 5.82 Å². The first-order chi connectivity index (χ1) is 8.16. The van der Waals surface area contributed by atoms with E-state index in [1.807, 2.05) is 30.3 Å². The first-order valence-electron chi connectivity index (χ1n) is 5.31. The number of rotatable bonds is 3. The number of nitrogen functional groups attached to an aromatic ring is 2. The molecule has 0 atom stereocenters. The van der Waals surface area contributed by atoms with E-state index in [4.69, 9.17) is 11.5 Å². The molecule has 0 radical (unpaired) electrons. The van der Waals surface area contributed by atoms with Crippen LogP contribution in [0.2, 0.25) is 0 Å². The van der Waals surface area contributed by atoms with Gasteiger partial charge in [-0.05, 0) is 12.0 Å². The van der Waals surface area contributed by atoms with Crippen molar-refractivity contribution in [3.8, 4) is 5.88 Å². The number of nitrogens with two attached hydrogens (primary N) is 2. The molecule has 1 aromatic heterocycles. The molecule has 1 heterocycles. The topological polar surface area (TPSA) is 98.0 Å². The largest absolute Gasteiger partial charge is 0.492 e. The fourth-order valence-electron chi connectivity index (χ4n) is 1.53. The lowest BCUT2D eigenvalue weighted by molar-refractivity contribution is 0.452. The molecule has 0 saturated carbocycles. The van der Waals surface area contributed by atoms with Crippen LogP contribution >= 0.6 is 0 Å².